The summed E-state index contributed by atoms with van der Waals surface area (Å²) >= 11 is 0. The summed E-state index contributed by atoms with van der Waals surface area (Å²) in [4.78, 5) is 3.84. The first-order valence-corrected chi connectivity index (χ1v) is 6.09. The Morgan fingerprint density at radius 3 is 2.60 bits per heavy atom. The van der Waals surface area contributed by atoms with Gasteiger partial charge in [0.1, 0.15) is 5.82 Å². The van der Waals surface area contributed by atoms with E-state index in [-0.39, 0.29) is 5.82 Å². The Morgan fingerprint density at radius 2 is 1.90 bits per heavy atom. The molecule has 0 spiro atoms. The van der Waals surface area contributed by atoms with E-state index in [1.165, 1.54) is 12.1 Å². The van der Waals surface area contributed by atoms with Gasteiger partial charge in [-0.25, -0.2) is 4.39 Å². The zero-order valence-electron chi connectivity index (χ0n) is 10.7. The van der Waals surface area contributed by atoms with Crippen molar-refractivity contribution in [2.45, 2.75) is 0 Å². The van der Waals surface area contributed by atoms with Crippen molar-refractivity contribution >= 4 is 23.3 Å². The van der Waals surface area contributed by atoms with Crippen LogP contribution in [0, 0.1) is 5.82 Å². The van der Waals surface area contributed by atoms with Gasteiger partial charge in [-0.1, -0.05) is 12.6 Å². The van der Waals surface area contributed by atoms with Crippen molar-refractivity contribution in [3.63, 3.8) is 0 Å². The van der Waals surface area contributed by atoms with Crippen molar-refractivity contribution in [2.24, 2.45) is 4.99 Å². The number of aromatic amines is 1. The summed E-state index contributed by atoms with van der Waals surface area (Å²) < 4.78 is 13.0. The van der Waals surface area contributed by atoms with E-state index in [1.807, 2.05) is 18.2 Å². The number of nitrogens with one attached hydrogen (secondary N) is 1. The fourth-order valence-electron chi connectivity index (χ4n) is 2.11. The van der Waals surface area contributed by atoms with Crippen molar-refractivity contribution in [3.05, 3.63) is 60.4 Å². The van der Waals surface area contributed by atoms with Crippen molar-refractivity contribution in [1.29, 1.82) is 0 Å². The average Bonchev–Trinajstić information content (AvgIpc) is 2.90. The van der Waals surface area contributed by atoms with E-state index >= 15 is 0 Å². The van der Waals surface area contributed by atoms with Crippen LogP contribution in [0.1, 0.15) is 5.56 Å². The molecule has 3 rings (SSSR count). The zero-order chi connectivity index (χ0) is 14.1. The monoisotopic (exact) mass is 265 g/mol. The summed E-state index contributed by atoms with van der Waals surface area (Å²) in [6.45, 7) is 7.32. The van der Waals surface area contributed by atoms with E-state index < -0.39 is 0 Å². The molecular weight excluding hydrogens is 253 g/mol. The molecule has 2 aromatic carbocycles. The molecule has 0 saturated heterocycles. The third kappa shape index (κ3) is 2.01. The molecule has 0 amide bonds. The van der Waals surface area contributed by atoms with Crippen molar-refractivity contribution in [1.82, 2.24) is 10.2 Å². The smallest absolute Gasteiger partial charge is 0.123 e. The molecule has 0 aliphatic rings. The Hall–Kier alpha value is -2.75. The Morgan fingerprint density at radius 1 is 1.15 bits per heavy atom. The van der Waals surface area contributed by atoms with Crippen LogP contribution in [-0.2, 0) is 0 Å². The van der Waals surface area contributed by atoms with E-state index in [0.717, 1.165) is 27.7 Å². The molecule has 0 unspecified atom stereocenters. The van der Waals surface area contributed by atoms with Crippen LogP contribution in [-0.4, -0.2) is 16.9 Å². The molecule has 98 valence electrons. The molecule has 0 fully saturated rings. The number of rotatable bonds is 3. The normalized spacial score (nSPS) is 10.7. The van der Waals surface area contributed by atoms with E-state index in [2.05, 4.69) is 28.5 Å². The average molecular weight is 265 g/mol. The van der Waals surface area contributed by atoms with Gasteiger partial charge in [0.25, 0.3) is 0 Å². The second kappa shape index (κ2) is 4.74. The molecule has 0 radical (unpaired) electrons. The van der Waals surface area contributed by atoms with Gasteiger partial charge in [0.05, 0.1) is 16.9 Å². The molecule has 1 aromatic heterocycles. The van der Waals surface area contributed by atoms with Crippen LogP contribution in [0.5, 0.6) is 0 Å². The first-order chi connectivity index (χ1) is 9.69. The molecule has 3 nitrogen and oxygen atoms in total. The number of fused-ring (bicyclic) bond motifs is 1. The van der Waals surface area contributed by atoms with Crippen LogP contribution in [0.15, 0.2) is 54.0 Å². The summed E-state index contributed by atoms with van der Waals surface area (Å²) in [5.41, 5.74) is 4.03. The van der Waals surface area contributed by atoms with E-state index in [4.69, 9.17) is 0 Å². The second-order valence-corrected chi connectivity index (χ2v) is 4.44. The van der Waals surface area contributed by atoms with Crippen LogP contribution < -0.4 is 0 Å². The van der Waals surface area contributed by atoms with Gasteiger partial charge in [0, 0.05) is 16.5 Å². The molecule has 1 N–H and O–H groups in total. The lowest BCUT2D eigenvalue weighted by Gasteiger charge is -2.01. The molecule has 0 aliphatic carbocycles. The minimum Gasteiger partial charge on any atom is -0.277 e. The van der Waals surface area contributed by atoms with Crippen molar-refractivity contribution in [2.75, 3.05) is 0 Å². The van der Waals surface area contributed by atoms with Crippen LogP contribution in [0.4, 0.5) is 4.39 Å². The number of hydrogen-bond donors (Lipinski definition) is 1. The lowest BCUT2D eigenvalue weighted by Crippen LogP contribution is -1.82. The molecule has 1 heterocycles. The van der Waals surface area contributed by atoms with Crippen molar-refractivity contribution < 1.29 is 4.39 Å². The minimum absolute atomic E-state index is 0.265. The topological polar surface area (TPSA) is 41.0 Å². The fourth-order valence-corrected chi connectivity index (χ4v) is 2.11. The van der Waals surface area contributed by atoms with Gasteiger partial charge in [-0.3, -0.25) is 10.1 Å². The molecule has 0 bridgehead atoms. The van der Waals surface area contributed by atoms with E-state index in [1.54, 1.807) is 12.1 Å². The summed E-state index contributed by atoms with van der Waals surface area (Å²) in [7, 11) is 0. The van der Waals surface area contributed by atoms with E-state index in [9.17, 15) is 4.39 Å². The van der Waals surface area contributed by atoms with Gasteiger partial charge in [0.15, 0.2) is 0 Å². The number of hydrogen-bond acceptors (Lipinski definition) is 2. The van der Waals surface area contributed by atoms with Gasteiger partial charge in [-0.15, -0.1) is 0 Å². The lowest BCUT2D eigenvalue weighted by atomic mass is 10.0. The maximum Gasteiger partial charge on any atom is 0.123 e. The number of aliphatic imine (C=N–C) groups is 1. The number of H-pyrrole nitrogens is 1. The van der Waals surface area contributed by atoms with Crippen LogP contribution in [0.3, 0.4) is 0 Å². The lowest BCUT2D eigenvalue weighted by molar-refractivity contribution is 0.628. The van der Waals surface area contributed by atoms with Gasteiger partial charge in [-0.05, 0) is 43.1 Å². The number of halogens is 1. The summed E-state index contributed by atoms with van der Waals surface area (Å²) in [6.07, 6.45) is 0. The standard InChI is InChI=1S/C16H12FN3/c1-10(18-2)12-5-8-15-14(9-12)16(20-19-15)11-3-6-13(17)7-4-11/h3-9H,1-2H2,(H,19,20). The maximum absolute atomic E-state index is 13.0. The SMILES string of the molecule is C=NC(=C)c1ccc2[nH]nc(-c3ccc(F)cc3)c2c1. The van der Waals surface area contributed by atoms with Crippen LogP contribution >= 0.6 is 0 Å². The van der Waals surface area contributed by atoms with Gasteiger partial charge in [0.2, 0.25) is 0 Å². The maximum atomic E-state index is 13.0. The van der Waals surface area contributed by atoms with Gasteiger partial charge >= 0.3 is 0 Å². The predicted octanol–water partition coefficient (Wildman–Crippen LogP) is 4.04. The highest BCUT2D eigenvalue weighted by Gasteiger charge is 2.09. The first-order valence-electron chi connectivity index (χ1n) is 6.09. The second-order valence-electron chi connectivity index (χ2n) is 4.44. The molecule has 3 aromatic rings. The van der Waals surface area contributed by atoms with Gasteiger partial charge < -0.3 is 0 Å². The fraction of sp³-hybridized carbons (Fsp3) is 0. The van der Waals surface area contributed by atoms with E-state index in [0.29, 0.717) is 5.70 Å². The number of aromatic nitrogens is 2. The third-order valence-electron chi connectivity index (χ3n) is 3.20. The summed E-state index contributed by atoms with van der Waals surface area (Å²) in [6, 6.07) is 12.0. The van der Waals surface area contributed by atoms with Crippen LogP contribution in [0.25, 0.3) is 27.9 Å². The molecule has 4 heteroatoms. The predicted molar refractivity (Wildman–Crippen MR) is 80.1 cm³/mol. The summed E-state index contributed by atoms with van der Waals surface area (Å²) in [5, 5.41) is 8.21. The molecule has 0 aliphatic heterocycles. The first kappa shape index (κ1) is 12.3. The highest BCUT2D eigenvalue weighted by atomic mass is 19.1. The Kier molecular flexibility index (Phi) is 2.91. The molecule has 0 saturated carbocycles. The zero-order valence-corrected chi connectivity index (χ0v) is 10.7. The van der Waals surface area contributed by atoms with Crippen LogP contribution in [0.2, 0.25) is 0 Å². The minimum atomic E-state index is -0.265. The Bertz CT molecular complexity index is 800. The Balaban J connectivity index is 2.18. The molecule has 0 atom stereocenters. The summed E-state index contributed by atoms with van der Waals surface area (Å²) in [5.74, 6) is -0.265. The largest absolute Gasteiger partial charge is 0.277 e. The number of benzene rings is 2. The third-order valence-corrected chi connectivity index (χ3v) is 3.20. The molecule has 20 heavy (non-hydrogen) atoms. The molecular formula is C16H12FN3. The highest BCUT2D eigenvalue weighted by Crippen LogP contribution is 2.28. The quantitative estimate of drug-likeness (QED) is 0.713. The highest BCUT2D eigenvalue weighted by molar-refractivity contribution is 5.94. The Labute approximate surface area is 115 Å². The van der Waals surface area contributed by atoms with Gasteiger partial charge in [-0.2, -0.15) is 5.10 Å². The van der Waals surface area contributed by atoms with Crippen molar-refractivity contribution in [3.8, 4) is 11.3 Å². The number of nitrogens with zero attached hydrogens (tertiary/aromatic N) is 2.